The predicted octanol–water partition coefficient (Wildman–Crippen LogP) is 2.92. The molecule has 6 rings (SSSR count). The SMILES string of the molecule is O=C(NCC12CC3CC(CC(C3)C1)C2)C1CNNC1c1ccc(F)cc1. The van der Waals surface area contributed by atoms with Crippen molar-refractivity contribution in [1.82, 2.24) is 16.2 Å². The molecule has 1 aromatic carbocycles. The van der Waals surface area contributed by atoms with E-state index in [1.54, 1.807) is 12.1 Å². The van der Waals surface area contributed by atoms with E-state index in [1.807, 2.05) is 0 Å². The van der Waals surface area contributed by atoms with Gasteiger partial charge in [0.1, 0.15) is 5.82 Å². The van der Waals surface area contributed by atoms with Crippen molar-refractivity contribution in [2.75, 3.05) is 13.1 Å². The van der Waals surface area contributed by atoms with Crippen LogP contribution in [0.5, 0.6) is 0 Å². The molecule has 3 N–H and O–H groups in total. The molecule has 140 valence electrons. The normalized spacial score (nSPS) is 40.7. The van der Waals surface area contributed by atoms with Gasteiger partial charge in [0, 0.05) is 13.1 Å². The first-order chi connectivity index (χ1) is 12.6. The summed E-state index contributed by atoms with van der Waals surface area (Å²) in [4.78, 5) is 12.9. The van der Waals surface area contributed by atoms with Gasteiger partial charge in [-0.15, -0.1) is 0 Å². The molecule has 5 aliphatic rings. The highest BCUT2D eigenvalue weighted by atomic mass is 19.1. The quantitative estimate of drug-likeness (QED) is 0.777. The molecule has 1 aromatic rings. The fourth-order valence-electron chi connectivity index (χ4n) is 6.64. The summed E-state index contributed by atoms with van der Waals surface area (Å²) >= 11 is 0. The van der Waals surface area contributed by atoms with Gasteiger partial charge in [-0.05, 0) is 79.4 Å². The van der Waals surface area contributed by atoms with Crippen molar-refractivity contribution in [1.29, 1.82) is 0 Å². The largest absolute Gasteiger partial charge is 0.355 e. The second-order valence-corrected chi connectivity index (χ2v) is 9.30. The fourth-order valence-corrected chi connectivity index (χ4v) is 6.64. The Hall–Kier alpha value is -1.46. The molecule has 5 fully saturated rings. The summed E-state index contributed by atoms with van der Waals surface area (Å²) in [6.45, 7) is 1.44. The summed E-state index contributed by atoms with van der Waals surface area (Å²) in [5, 5.41) is 3.30. The highest BCUT2D eigenvalue weighted by Gasteiger charge is 2.51. The van der Waals surface area contributed by atoms with Crippen LogP contribution in [-0.2, 0) is 4.79 Å². The van der Waals surface area contributed by atoms with Gasteiger partial charge in [-0.25, -0.2) is 9.82 Å². The third-order valence-corrected chi connectivity index (χ3v) is 7.35. The molecule has 1 amide bonds. The van der Waals surface area contributed by atoms with E-state index in [-0.39, 0.29) is 23.7 Å². The molecule has 1 heterocycles. The third kappa shape index (κ3) is 2.95. The molecule has 1 aliphatic heterocycles. The van der Waals surface area contributed by atoms with Crippen LogP contribution in [-0.4, -0.2) is 19.0 Å². The van der Waals surface area contributed by atoms with Gasteiger partial charge in [-0.2, -0.15) is 0 Å². The van der Waals surface area contributed by atoms with Crippen LogP contribution in [0.3, 0.4) is 0 Å². The maximum Gasteiger partial charge on any atom is 0.226 e. The number of hydrogen-bond donors (Lipinski definition) is 3. The molecule has 0 radical (unpaired) electrons. The molecule has 5 heteroatoms. The summed E-state index contributed by atoms with van der Waals surface area (Å²) in [7, 11) is 0. The first-order valence-corrected chi connectivity index (χ1v) is 10.1. The third-order valence-electron chi connectivity index (χ3n) is 7.35. The van der Waals surface area contributed by atoms with Crippen molar-refractivity contribution >= 4 is 5.91 Å². The Labute approximate surface area is 154 Å². The monoisotopic (exact) mass is 357 g/mol. The van der Waals surface area contributed by atoms with Crippen molar-refractivity contribution in [3.05, 3.63) is 35.6 Å². The highest BCUT2D eigenvalue weighted by molar-refractivity contribution is 5.80. The second-order valence-electron chi connectivity index (χ2n) is 9.30. The van der Waals surface area contributed by atoms with E-state index in [0.29, 0.717) is 12.0 Å². The minimum absolute atomic E-state index is 0.105. The average molecular weight is 357 g/mol. The molecule has 2 unspecified atom stereocenters. The minimum Gasteiger partial charge on any atom is -0.355 e. The molecule has 4 aliphatic carbocycles. The van der Waals surface area contributed by atoms with Gasteiger partial charge in [0.05, 0.1) is 12.0 Å². The molecule has 0 aromatic heterocycles. The summed E-state index contributed by atoms with van der Waals surface area (Å²) in [5.41, 5.74) is 7.60. The van der Waals surface area contributed by atoms with Gasteiger partial charge < -0.3 is 5.32 Å². The number of hydrazine groups is 1. The van der Waals surface area contributed by atoms with Gasteiger partial charge in [-0.1, -0.05) is 12.1 Å². The van der Waals surface area contributed by atoms with E-state index in [1.165, 1.54) is 50.7 Å². The Morgan fingerprint density at radius 3 is 2.31 bits per heavy atom. The summed E-state index contributed by atoms with van der Waals surface area (Å²) < 4.78 is 13.2. The number of hydrogen-bond acceptors (Lipinski definition) is 3. The number of benzene rings is 1. The molecule has 4 bridgehead atoms. The van der Waals surface area contributed by atoms with Gasteiger partial charge >= 0.3 is 0 Å². The van der Waals surface area contributed by atoms with Crippen LogP contribution in [0.25, 0.3) is 0 Å². The molecular weight excluding hydrogens is 329 g/mol. The van der Waals surface area contributed by atoms with Crippen molar-refractivity contribution in [2.24, 2.45) is 29.1 Å². The number of nitrogens with one attached hydrogen (secondary N) is 3. The highest BCUT2D eigenvalue weighted by Crippen LogP contribution is 2.59. The Balaban J connectivity index is 1.25. The lowest BCUT2D eigenvalue weighted by atomic mass is 9.49. The van der Waals surface area contributed by atoms with E-state index in [0.717, 1.165) is 29.9 Å². The number of carbonyl (C=O) groups is 1. The summed E-state index contributed by atoms with van der Waals surface area (Å²) in [6, 6.07) is 6.34. The van der Waals surface area contributed by atoms with Crippen molar-refractivity contribution < 1.29 is 9.18 Å². The first kappa shape index (κ1) is 16.7. The van der Waals surface area contributed by atoms with E-state index in [4.69, 9.17) is 0 Å². The molecule has 0 spiro atoms. The average Bonchev–Trinajstić information content (AvgIpc) is 3.09. The Morgan fingerprint density at radius 1 is 1.08 bits per heavy atom. The molecule has 4 nitrogen and oxygen atoms in total. The number of amides is 1. The van der Waals surface area contributed by atoms with Crippen molar-refractivity contribution in [2.45, 2.75) is 44.6 Å². The van der Waals surface area contributed by atoms with E-state index in [2.05, 4.69) is 16.2 Å². The lowest BCUT2D eigenvalue weighted by Gasteiger charge is -2.57. The zero-order chi connectivity index (χ0) is 17.7. The molecular formula is C21H28FN3O. The Morgan fingerprint density at radius 2 is 1.69 bits per heavy atom. The van der Waals surface area contributed by atoms with Gasteiger partial charge in [0.15, 0.2) is 0 Å². The van der Waals surface area contributed by atoms with Gasteiger partial charge in [0.25, 0.3) is 0 Å². The van der Waals surface area contributed by atoms with Crippen LogP contribution in [0.1, 0.15) is 50.1 Å². The molecule has 1 saturated heterocycles. The predicted molar refractivity (Wildman–Crippen MR) is 97.4 cm³/mol. The van der Waals surface area contributed by atoms with Crippen molar-refractivity contribution in [3.8, 4) is 0 Å². The topological polar surface area (TPSA) is 53.2 Å². The fraction of sp³-hybridized carbons (Fsp3) is 0.667. The molecule has 26 heavy (non-hydrogen) atoms. The number of rotatable bonds is 4. The van der Waals surface area contributed by atoms with Crippen LogP contribution in [0.15, 0.2) is 24.3 Å². The zero-order valence-corrected chi connectivity index (χ0v) is 15.1. The van der Waals surface area contributed by atoms with E-state index in [9.17, 15) is 9.18 Å². The first-order valence-electron chi connectivity index (χ1n) is 10.1. The lowest BCUT2D eigenvalue weighted by Crippen LogP contribution is -2.52. The van der Waals surface area contributed by atoms with Crippen LogP contribution in [0.4, 0.5) is 4.39 Å². The van der Waals surface area contributed by atoms with Crippen molar-refractivity contribution in [3.63, 3.8) is 0 Å². The number of carbonyl (C=O) groups excluding carboxylic acids is 1. The van der Waals surface area contributed by atoms with Crippen LogP contribution in [0.2, 0.25) is 0 Å². The molecule has 4 saturated carbocycles. The Kier molecular flexibility index (Phi) is 4.05. The zero-order valence-electron chi connectivity index (χ0n) is 15.1. The second kappa shape index (κ2) is 6.31. The minimum atomic E-state index is -0.248. The smallest absolute Gasteiger partial charge is 0.226 e. The lowest BCUT2D eigenvalue weighted by molar-refractivity contribution is -0.127. The maximum absolute atomic E-state index is 13.2. The summed E-state index contributed by atoms with van der Waals surface area (Å²) in [5.74, 6) is 2.42. The summed E-state index contributed by atoms with van der Waals surface area (Å²) in [6.07, 6.45) is 8.20. The van der Waals surface area contributed by atoms with Crippen LogP contribution >= 0.6 is 0 Å². The number of halogens is 1. The molecule has 2 atom stereocenters. The van der Waals surface area contributed by atoms with E-state index >= 15 is 0 Å². The van der Waals surface area contributed by atoms with Crippen LogP contribution < -0.4 is 16.2 Å². The van der Waals surface area contributed by atoms with Crippen LogP contribution in [0, 0.1) is 34.9 Å². The van der Waals surface area contributed by atoms with E-state index < -0.39 is 0 Å². The maximum atomic E-state index is 13.2. The van der Waals surface area contributed by atoms with Gasteiger partial charge in [-0.3, -0.25) is 10.2 Å². The Bertz CT molecular complexity index is 654. The van der Waals surface area contributed by atoms with Gasteiger partial charge in [0.2, 0.25) is 5.91 Å². The standard InChI is InChI=1S/C21H28FN3O/c22-17-3-1-16(2-4-17)19-18(11-24-25-19)20(26)23-12-21-8-13-5-14(9-21)7-15(6-13)10-21/h1-4,13-15,18-19,24-25H,5-12H2,(H,23,26).